The van der Waals surface area contributed by atoms with Gasteiger partial charge in [-0.25, -0.2) is 0 Å². The van der Waals surface area contributed by atoms with Crippen LogP contribution in [0, 0.1) is 0 Å². The topological polar surface area (TPSA) is 26.3 Å². The van der Waals surface area contributed by atoms with Crippen LogP contribution in [0.1, 0.15) is 31.9 Å². The molecule has 0 saturated heterocycles. The molecule has 0 spiro atoms. The molecular weight excluding hydrogens is 236 g/mol. The number of methoxy groups -OCH3 is 1. The minimum absolute atomic E-state index is 0.140. The summed E-state index contributed by atoms with van der Waals surface area (Å²) in [6.07, 6.45) is 0.499. The van der Waals surface area contributed by atoms with Gasteiger partial charge in [-0.3, -0.25) is 4.79 Å². The van der Waals surface area contributed by atoms with E-state index in [0.29, 0.717) is 6.42 Å². The summed E-state index contributed by atoms with van der Waals surface area (Å²) in [5, 5.41) is -0.611. The van der Waals surface area contributed by atoms with Crippen molar-refractivity contribution >= 4 is 17.6 Å². The van der Waals surface area contributed by atoms with Crippen LogP contribution in [0.15, 0.2) is 24.3 Å². The molecule has 0 saturated carbocycles. The zero-order valence-corrected chi connectivity index (χ0v) is 11.5. The van der Waals surface area contributed by atoms with E-state index in [4.69, 9.17) is 11.6 Å². The highest BCUT2D eigenvalue weighted by atomic mass is 35.5. The van der Waals surface area contributed by atoms with Gasteiger partial charge < -0.3 is 4.74 Å². The van der Waals surface area contributed by atoms with Crippen molar-refractivity contribution in [1.82, 2.24) is 0 Å². The molecule has 2 nitrogen and oxygen atoms in total. The van der Waals surface area contributed by atoms with Gasteiger partial charge in [0.15, 0.2) is 0 Å². The highest BCUT2D eigenvalue weighted by Crippen LogP contribution is 2.22. The van der Waals surface area contributed by atoms with E-state index in [0.717, 1.165) is 5.56 Å². The van der Waals surface area contributed by atoms with Gasteiger partial charge in [-0.1, -0.05) is 45.0 Å². The maximum atomic E-state index is 11.2. The second kappa shape index (κ2) is 5.54. The molecule has 0 radical (unpaired) electrons. The lowest BCUT2D eigenvalue weighted by atomic mass is 9.86. The van der Waals surface area contributed by atoms with E-state index in [-0.39, 0.29) is 11.4 Å². The monoisotopic (exact) mass is 254 g/mol. The number of ether oxygens (including phenoxy) is 1. The Morgan fingerprint density at radius 1 is 1.29 bits per heavy atom. The fourth-order valence-electron chi connectivity index (χ4n) is 1.56. The molecule has 17 heavy (non-hydrogen) atoms. The van der Waals surface area contributed by atoms with Crippen molar-refractivity contribution in [3.05, 3.63) is 35.4 Å². The molecule has 0 bridgehead atoms. The van der Waals surface area contributed by atoms with Crippen LogP contribution in [0.3, 0.4) is 0 Å². The molecule has 1 rings (SSSR count). The van der Waals surface area contributed by atoms with Crippen LogP contribution in [-0.4, -0.2) is 18.5 Å². The zero-order chi connectivity index (χ0) is 13.1. The van der Waals surface area contributed by atoms with Gasteiger partial charge >= 0.3 is 5.97 Å². The number of carbonyl (C=O) groups excluding carboxylic acids is 1. The van der Waals surface area contributed by atoms with E-state index in [1.165, 1.54) is 12.7 Å². The minimum Gasteiger partial charge on any atom is -0.468 e. The lowest BCUT2D eigenvalue weighted by molar-refractivity contribution is -0.140. The maximum Gasteiger partial charge on any atom is 0.324 e. The number of hydrogen-bond donors (Lipinski definition) is 0. The highest BCUT2D eigenvalue weighted by Gasteiger charge is 2.17. The lowest BCUT2D eigenvalue weighted by Gasteiger charge is -2.19. The van der Waals surface area contributed by atoms with Crippen molar-refractivity contribution in [3.63, 3.8) is 0 Å². The van der Waals surface area contributed by atoms with Crippen LogP contribution in [-0.2, 0) is 21.4 Å². The molecule has 1 atom stereocenters. The Morgan fingerprint density at radius 3 is 2.24 bits per heavy atom. The third-order valence-corrected chi connectivity index (χ3v) is 3.02. The molecule has 0 aromatic heterocycles. The molecule has 0 aliphatic heterocycles. The normalized spacial score (nSPS) is 13.2. The smallest absolute Gasteiger partial charge is 0.324 e. The van der Waals surface area contributed by atoms with Gasteiger partial charge in [0.1, 0.15) is 5.38 Å². The number of rotatable bonds is 3. The Balaban J connectivity index is 2.72. The molecule has 94 valence electrons. The van der Waals surface area contributed by atoms with Crippen LogP contribution in [0.25, 0.3) is 0 Å². The second-order valence-corrected chi connectivity index (χ2v) is 5.67. The molecule has 1 aromatic carbocycles. The van der Waals surface area contributed by atoms with Crippen LogP contribution < -0.4 is 0 Å². The van der Waals surface area contributed by atoms with Crippen molar-refractivity contribution in [3.8, 4) is 0 Å². The van der Waals surface area contributed by atoms with Crippen molar-refractivity contribution in [2.45, 2.75) is 38.0 Å². The number of hydrogen-bond acceptors (Lipinski definition) is 2. The SMILES string of the molecule is COC(=O)C(Cl)Cc1ccc(C(C)(C)C)cc1. The van der Waals surface area contributed by atoms with Gasteiger partial charge in [0.2, 0.25) is 0 Å². The van der Waals surface area contributed by atoms with Gasteiger partial charge in [-0.2, -0.15) is 0 Å². The van der Waals surface area contributed by atoms with Gasteiger partial charge in [0, 0.05) is 0 Å². The van der Waals surface area contributed by atoms with E-state index in [9.17, 15) is 4.79 Å². The third-order valence-electron chi connectivity index (χ3n) is 2.69. The van der Waals surface area contributed by atoms with Crippen LogP contribution >= 0.6 is 11.6 Å². The van der Waals surface area contributed by atoms with Crippen LogP contribution in [0.2, 0.25) is 0 Å². The fraction of sp³-hybridized carbons (Fsp3) is 0.500. The molecule has 1 unspecified atom stereocenters. The summed E-state index contributed by atoms with van der Waals surface area (Å²) in [5.74, 6) is -0.383. The van der Waals surface area contributed by atoms with E-state index < -0.39 is 5.38 Å². The van der Waals surface area contributed by atoms with Crippen LogP contribution in [0.4, 0.5) is 0 Å². The van der Waals surface area contributed by atoms with Crippen molar-refractivity contribution < 1.29 is 9.53 Å². The Morgan fingerprint density at radius 2 is 1.82 bits per heavy atom. The molecule has 0 fully saturated rings. The fourth-order valence-corrected chi connectivity index (χ4v) is 1.83. The first kappa shape index (κ1) is 14.0. The average Bonchev–Trinajstić information content (AvgIpc) is 2.27. The standard InChI is InChI=1S/C14H19ClO2/c1-14(2,3)11-7-5-10(6-8-11)9-12(15)13(16)17-4/h5-8,12H,9H2,1-4H3. The predicted octanol–water partition coefficient (Wildman–Crippen LogP) is 3.31. The first-order valence-electron chi connectivity index (χ1n) is 5.66. The molecule has 0 N–H and O–H groups in total. The summed E-state index contributed by atoms with van der Waals surface area (Å²) in [7, 11) is 1.35. The number of benzene rings is 1. The molecule has 0 heterocycles. The average molecular weight is 255 g/mol. The van der Waals surface area contributed by atoms with Gasteiger partial charge in [-0.05, 0) is 23.0 Å². The van der Waals surface area contributed by atoms with Gasteiger partial charge in [0.25, 0.3) is 0 Å². The first-order valence-corrected chi connectivity index (χ1v) is 6.09. The summed E-state index contributed by atoms with van der Waals surface area (Å²) < 4.78 is 4.59. The largest absolute Gasteiger partial charge is 0.468 e. The Hall–Kier alpha value is -1.02. The second-order valence-electron chi connectivity index (χ2n) is 5.14. The summed E-state index contributed by atoms with van der Waals surface area (Å²) in [4.78, 5) is 11.2. The van der Waals surface area contributed by atoms with Gasteiger partial charge in [-0.15, -0.1) is 11.6 Å². The van der Waals surface area contributed by atoms with Crippen molar-refractivity contribution in [2.75, 3.05) is 7.11 Å². The Kier molecular flexibility index (Phi) is 4.58. The minimum atomic E-state index is -0.611. The number of carbonyl (C=O) groups is 1. The number of esters is 1. The summed E-state index contributed by atoms with van der Waals surface area (Å²) in [6.45, 7) is 6.50. The maximum absolute atomic E-state index is 11.2. The molecule has 0 amide bonds. The van der Waals surface area contributed by atoms with Crippen LogP contribution in [0.5, 0.6) is 0 Å². The molecule has 1 aromatic rings. The first-order chi connectivity index (χ1) is 7.84. The highest BCUT2D eigenvalue weighted by molar-refractivity contribution is 6.30. The summed E-state index contributed by atoms with van der Waals surface area (Å²) >= 11 is 5.92. The zero-order valence-electron chi connectivity index (χ0n) is 10.8. The van der Waals surface area contributed by atoms with Crippen molar-refractivity contribution in [2.24, 2.45) is 0 Å². The number of alkyl halides is 1. The van der Waals surface area contributed by atoms with E-state index in [2.05, 4.69) is 37.6 Å². The Bertz CT molecular complexity index is 376. The van der Waals surface area contributed by atoms with E-state index in [1.54, 1.807) is 0 Å². The number of halogens is 1. The summed E-state index contributed by atoms with van der Waals surface area (Å²) in [5.41, 5.74) is 2.45. The lowest BCUT2D eigenvalue weighted by Crippen LogP contribution is -2.18. The molecule has 0 aliphatic rings. The van der Waals surface area contributed by atoms with Crippen molar-refractivity contribution in [1.29, 1.82) is 0 Å². The van der Waals surface area contributed by atoms with Gasteiger partial charge in [0.05, 0.1) is 7.11 Å². The third kappa shape index (κ3) is 4.04. The molecular formula is C14H19ClO2. The Labute approximate surface area is 108 Å². The predicted molar refractivity (Wildman–Crippen MR) is 70.5 cm³/mol. The summed E-state index contributed by atoms with van der Waals surface area (Å²) in [6, 6.07) is 8.18. The quantitative estimate of drug-likeness (QED) is 0.611. The van der Waals surface area contributed by atoms with E-state index >= 15 is 0 Å². The molecule has 3 heteroatoms. The molecule has 0 aliphatic carbocycles. The van der Waals surface area contributed by atoms with E-state index in [1.807, 2.05) is 12.1 Å².